The van der Waals surface area contributed by atoms with Crippen LogP contribution in [-0.2, 0) is 0 Å². The molecular weight excluding hydrogens is 378 g/mol. The predicted molar refractivity (Wildman–Crippen MR) is 118 cm³/mol. The van der Waals surface area contributed by atoms with Gasteiger partial charge in [-0.3, -0.25) is 0 Å². The Balaban J connectivity index is 1.74. The lowest BCUT2D eigenvalue weighted by molar-refractivity contribution is 0.324. The topological polar surface area (TPSA) is 79.3 Å². The number of fused-ring (bicyclic) bond motifs is 1. The van der Waals surface area contributed by atoms with Crippen LogP contribution in [0.15, 0.2) is 60.7 Å². The van der Waals surface area contributed by atoms with Gasteiger partial charge < -0.3 is 24.5 Å². The van der Waals surface area contributed by atoms with E-state index < -0.39 is 0 Å². The molecule has 3 aromatic carbocycles. The third-order valence-electron chi connectivity index (χ3n) is 4.90. The lowest BCUT2D eigenvalue weighted by Crippen LogP contribution is -1.98. The van der Waals surface area contributed by atoms with Crippen LogP contribution in [0.1, 0.15) is 5.56 Å². The molecule has 0 spiro atoms. The molecule has 2 N–H and O–H groups in total. The van der Waals surface area contributed by atoms with E-state index in [2.05, 4.69) is 16.4 Å². The average Bonchev–Trinajstić information content (AvgIpc) is 3.20. The monoisotopic (exact) mass is 399 g/mol. The molecule has 0 amide bonds. The molecule has 0 saturated carbocycles. The molecule has 0 saturated heterocycles. The molecule has 0 atom stereocenters. The first-order valence-electron chi connectivity index (χ1n) is 9.36. The zero-order valence-electron chi connectivity index (χ0n) is 16.9. The van der Waals surface area contributed by atoms with Crippen LogP contribution >= 0.6 is 0 Å². The number of rotatable bonds is 6. The van der Waals surface area contributed by atoms with Crippen LogP contribution in [0.3, 0.4) is 0 Å². The van der Waals surface area contributed by atoms with Crippen LogP contribution in [0.5, 0.6) is 17.2 Å². The zero-order chi connectivity index (χ0) is 21.1. The largest absolute Gasteiger partial charge is 0.493 e. The highest BCUT2D eigenvalue weighted by Crippen LogP contribution is 2.41. The van der Waals surface area contributed by atoms with Crippen LogP contribution in [0.25, 0.3) is 22.0 Å². The Morgan fingerprint density at radius 3 is 2.27 bits per heavy atom. The minimum atomic E-state index is 0.543. The fourth-order valence-electron chi connectivity index (χ4n) is 3.53. The molecule has 0 aliphatic heterocycles. The van der Waals surface area contributed by atoms with Gasteiger partial charge in [-0.05, 0) is 23.8 Å². The number of nitrogens with zero attached hydrogens (tertiary/aromatic N) is 1. The SMILES string of the molecule is COc1cc(Nc2cc3cccc(-c4cccc(C#N)c4)c3[nH]2)cc(OC)c1OC. The van der Waals surface area contributed by atoms with Crippen molar-refractivity contribution in [3.05, 3.63) is 66.2 Å². The number of methoxy groups -OCH3 is 3. The van der Waals surface area contributed by atoms with Crippen molar-refractivity contribution in [2.45, 2.75) is 0 Å². The van der Waals surface area contributed by atoms with Crippen molar-refractivity contribution >= 4 is 22.4 Å². The van der Waals surface area contributed by atoms with Crippen molar-refractivity contribution in [3.8, 4) is 34.4 Å². The lowest BCUT2D eigenvalue weighted by atomic mass is 10.0. The molecule has 150 valence electrons. The molecule has 1 aromatic heterocycles. The Kier molecular flexibility index (Phi) is 5.19. The molecule has 0 radical (unpaired) electrons. The van der Waals surface area contributed by atoms with Crippen molar-refractivity contribution in [2.75, 3.05) is 26.6 Å². The van der Waals surface area contributed by atoms with Gasteiger partial charge in [-0.1, -0.05) is 30.3 Å². The molecule has 0 unspecified atom stereocenters. The maximum atomic E-state index is 9.22. The van der Waals surface area contributed by atoms with Gasteiger partial charge in [-0.15, -0.1) is 0 Å². The van der Waals surface area contributed by atoms with Crippen LogP contribution in [0.4, 0.5) is 11.5 Å². The van der Waals surface area contributed by atoms with E-state index in [4.69, 9.17) is 14.2 Å². The van der Waals surface area contributed by atoms with Crippen molar-refractivity contribution < 1.29 is 14.2 Å². The van der Waals surface area contributed by atoms with Gasteiger partial charge in [0.2, 0.25) is 5.75 Å². The van der Waals surface area contributed by atoms with Gasteiger partial charge in [-0.25, -0.2) is 0 Å². The number of hydrogen-bond donors (Lipinski definition) is 2. The van der Waals surface area contributed by atoms with Crippen molar-refractivity contribution in [1.29, 1.82) is 5.26 Å². The fourth-order valence-corrected chi connectivity index (χ4v) is 3.53. The quantitative estimate of drug-likeness (QED) is 0.449. The van der Waals surface area contributed by atoms with Crippen LogP contribution < -0.4 is 19.5 Å². The highest BCUT2D eigenvalue weighted by atomic mass is 16.5. The van der Waals surface area contributed by atoms with Crippen LogP contribution in [0.2, 0.25) is 0 Å². The second-order valence-corrected chi connectivity index (χ2v) is 6.68. The van der Waals surface area contributed by atoms with Gasteiger partial charge in [-0.2, -0.15) is 5.26 Å². The third kappa shape index (κ3) is 3.49. The Hall–Kier alpha value is -4.11. The van der Waals surface area contributed by atoms with Crippen LogP contribution in [-0.4, -0.2) is 26.3 Å². The summed E-state index contributed by atoms with van der Waals surface area (Å²) in [5.74, 6) is 2.51. The smallest absolute Gasteiger partial charge is 0.203 e. The molecular formula is C24H21N3O3. The summed E-state index contributed by atoms with van der Waals surface area (Å²) in [5, 5.41) is 13.6. The maximum Gasteiger partial charge on any atom is 0.203 e. The van der Waals surface area contributed by atoms with E-state index in [9.17, 15) is 5.26 Å². The van der Waals surface area contributed by atoms with Crippen molar-refractivity contribution in [1.82, 2.24) is 4.98 Å². The van der Waals surface area contributed by atoms with Crippen molar-refractivity contribution in [2.24, 2.45) is 0 Å². The fraction of sp³-hybridized carbons (Fsp3) is 0.125. The van der Waals surface area contributed by atoms with E-state index in [0.29, 0.717) is 22.8 Å². The number of para-hydroxylation sites is 1. The number of anilines is 2. The Labute approximate surface area is 174 Å². The Morgan fingerprint density at radius 1 is 0.867 bits per heavy atom. The number of aromatic nitrogens is 1. The summed E-state index contributed by atoms with van der Waals surface area (Å²) in [6.07, 6.45) is 0. The molecule has 30 heavy (non-hydrogen) atoms. The van der Waals surface area contributed by atoms with E-state index >= 15 is 0 Å². The first kappa shape index (κ1) is 19.2. The van der Waals surface area contributed by atoms with E-state index in [-0.39, 0.29) is 0 Å². The number of nitriles is 1. The molecule has 0 fully saturated rings. The highest BCUT2D eigenvalue weighted by Gasteiger charge is 2.14. The van der Waals surface area contributed by atoms with Crippen molar-refractivity contribution in [3.63, 3.8) is 0 Å². The second kappa shape index (κ2) is 8.10. The molecule has 0 aliphatic rings. The van der Waals surface area contributed by atoms with Gasteiger partial charge in [0.25, 0.3) is 0 Å². The van der Waals surface area contributed by atoms with E-state index in [1.165, 1.54) is 0 Å². The van der Waals surface area contributed by atoms with Crippen LogP contribution in [0, 0.1) is 11.3 Å². The number of hydrogen-bond acceptors (Lipinski definition) is 5. The number of aromatic amines is 1. The Bertz CT molecular complexity index is 1230. The number of ether oxygens (including phenoxy) is 3. The minimum absolute atomic E-state index is 0.543. The standard InChI is InChI=1S/C24H21N3O3/c1-28-20-12-18(13-21(29-2)24(20)30-3)26-22-11-17-8-5-9-19(23(17)27-22)16-7-4-6-15(10-16)14-25/h4-13,26-27H,1-3H3. The van der Waals surface area contributed by atoms with Gasteiger partial charge in [0, 0.05) is 28.8 Å². The molecule has 1 heterocycles. The predicted octanol–water partition coefficient (Wildman–Crippen LogP) is 5.48. The molecule has 6 heteroatoms. The third-order valence-corrected chi connectivity index (χ3v) is 4.90. The lowest BCUT2D eigenvalue weighted by Gasteiger charge is -2.14. The molecule has 0 bridgehead atoms. The van der Waals surface area contributed by atoms with E-state index in [0.717, 1.165) is 33.5 Å². The van der Waals surface area contributed by atoms with E-state index in [1.807, 2.05) is 54.6 Å². The molecule has 0 aliphatic carbocycles. The number of H-pyrrole nitrogens is 1. The summed E-state index contributed by atoms with van der Waals surface area (Å²) in [6.45, 7) is 0. The minimum Gasteiger partial charge on any atom is -0.493 e. The molecule has 4 aromatic rings. The second-order valence-electron chi connectivity index (χ2n) is 6.68. The number of nitrogens with one attached hydrogen (secondary N) is 2. The molecule has 4 rings (SSSR count). The summed E-state index contributed by atoms with van der Waals surface area (Å²) < 4.78 is 16.3. The van der Waals surface area contributed by atoms with Gasteiger partial charge in [0.15, 0.2) is 11.5 Å². The van der Waals surface area contributed by atoms with E-state index in [1.54, 1.807) is 27.4 Å². The summed E-state index contributed by atoms with van der Waals surface area (Å²) >= 11 is 0. The first-order valence-corrected chi connectivity index (χ1v) is 9.36. The normalized spacial score (nSPS) is 10.5. The summed E-state index contributed by atoms with van der Waals surface area (Å²) in [5.41, 5.74) is 4.43. The number of benzene rings is 3. The summed E-state index contributed by atoms with van der Waals surface area (Å²) in [7, 11) is 4.76. The van der Waals surface area contributed by atoms with Gasteiger partial charge in [0.05, 0.1) is 38.5 Å². The van der Waals surface area contributed by atoms with Gasteiger partial charge in [0.1, 0.15) is 5.82 Å². The van der Waals surface area contributed by atoms with Gasteiger partial charge >= 0.3 is 0 Å². The summed E-state index contributed by atoms with van der Waals surface area (Å²) in [6, 6.07) is 21.6. The molecule has 6 nitrogen and oxygen atoms in total. The average molecular weight is 399 g/mol. The first-order chi connectivity index (χ1) is 14.7. The Morgan fingerprint density at radius 2 is 1.60 bits per heavy atom. The zero-order valence-corrected chi connectivity index (χ0v) is 16.9. The summed E-state index contributed by atoms with van der Waals surface area (Å²) in [4.78, 5) is 3.45. The highest BCUT2D eigenvalue weighted by molar-refractivity contribution is 5.97. The maximum absolute atomic E-state index is 9.22.